The second-order valence-corrected chi connectivity index (χ2v) is 6.52. The van der Waals surface area contributed by atoms with Crippen LogP contribution in [0.25, 0.3) is 0 Å². The van der Waals surface area contributed by atoms with Crippen molar-refractivity contribution in [2.75, 3.05) is 5.32 Å². The molecule has 1 heterocycles. The predicted molar refractivity (Wildman–Crippen MR) is 102 cm³/mol. The number of hydrogen-bond acceptors (Lipinski definition) is 6. The summed E-state index contributed by atoms with van der Waals surface area (Å²) in [5.41, 5.74) is 0.801. The number of carbonyl (C=O) groups excluding carboxylic acids is 4. The summed E-state index contributed by atoms with van der Waals surface area (Å²) in [6, 6.07) is 4.53. The van der Waals surface area contributed by atoms with E-state index in [-0.39, 0.29) is 29.3 Å². The molecule has 0 aliphatic heterocycles. The van der Waals surface area contributed by atoms with Gasteiger partial charge in [0.1, 0.15) is 5.75 Å². The molecule has 0 atom stereocenters. The number of halogens is 3. The summed E-state index contributed by atoms with van der Waals surface area (Å²) in [5.74, 6) is -0.495. The number of hydrogen-bond donors (Lipinski definition) is 1. The summed E-state index contributed by atoms with van der Waals surface area (Å²) in [6.07, 6.45) is -2.24. The van der Waals surface area contributed by atoms with Crippen molar-refractivity contribution in [2.24, 2.45) is 7.05 Å². The normalized spacial score (nSPS) is 10.5. The molecule has 0 radical (unpaired) electrons. The van der Waals surface area contributed by atoms with Crippen molar-refractivity contribution >= 4 is 24.0 Å². The largest absolute Gasteiger partial charge is 0.426 e. The molecular weight excluding hydrogens is 419 g/mol. The molecule has 1 aromatic carbocycles. The van der Waals surface area contributed by atoms with Gasteiger partial charge in [-0.1, -0.05) is 13.3 Å². The number of aromatic nitrogens is 2. The van der Waals surface area contributed by atoms with E-state index in [2.05, 4.69) is 10.3 Å². The minimum atomic E-state index is -4.36. The van der Waals surface area contributed by atoms with E-state index in [1.165, 1.54) is 29.8 Å². The lowest BCUT2D eigenvalue weighted by atomic mass is 10.1. The van der Waals surface area contributed by atoms with Crippen LogP contribution in [0.3, 0.4) is 0 Å². The number of rotatable bonds is 7. The molecule has 0 unspecified atom stereocenters. The van der Waals surface area contributed by atoms with Crippen LogP contribution < -0.4 is 10.1 Å². The van der Waals surface area contributed by atoms with Gasteiger partial charge in [0.25, 0.3) is 5.91 Å². The van der Waals surface area contributed by atoms with E-state index in [9.17, 15) is 22.8 Å². The number of unbranched alkanes of at least 4 members (excludes halogenated alkanes) is 1. The van der Waals surface area contributed by atoms with Crippen LogP contribution in [0.1, 0.15) is 47.8 Å². The topological polar surface area (TPSA) is 107 Å². The Morgan fingerprint density at radius 3 is 2.45 bits per heavy atom. The highest BCUT2D eigenvalue weighted by molar-refractivity contribution is 6.03. The molecule has 168 valence electrons. The van der Waals surface area contributed by atoms with E-state index in [1.807, 2.05) is 6.92 Å². The first-order chi connectivity index (χ1) is 14.5. The Hall–Kier alpha value is -3.46. The van der Waals surface area contributed by atoms with Crippen LogP contribution in [-0.4, -0.2) is 33.8 Å². The first-order valence-electron chi connectivity index (χ1n) is 9.21. The molecule has 31 heavy (non-hydrogen) atoms. The molecule has 1 N–H and O–H groups in total. The van der Waals surface area contributed by atoms with Crippen molar-refractivity contribution in [3.05, 3.63) is 41.2 Å². The number of imidazole rings is 1. The Labute approximate surface area is 176 Å². The van der Waals surface area contributed by atoms with Gasteiger partial charge in [-0.3, -0.25) is 14.9 Å². The maximum absolute atomic E-state index is 12.5. The van der Waals surface area contributed by atoms with Crippen LogP contribution in [-0.2, 0) is 27.9 Å². The number of ether oxygens (including phenoxy) is 1. The zero-order valence-electron chi connectivity index (χ0n) is 17.2. The second-order valence-electron chi connectivity index (χ2n) is 6.52. The first-order valence-corrected chi connectivity index (χ1v) is 9.21. The summed E-state index contributed by atoms with van der Waals surface area (Å²) in [7, 11) is 1.40. The van der Waals surface area contributed by atoms with E-state index in [0.717, 1.165) is 19.0 Å². The van der Waals surface area contributed by atoms with Crippen LogP contribution in [0, 0.1) is 6.92 Å². The quantitative estimate of drug-likeness (QED) is 0.520. The number of benzene rings is 1. The lowest BCUT2D eigenvalue weighted by Gasteiger charge is -2.11. The van der Waals surface area contributed by atoms with Crippen LogP contribution >= 0.6 is 0 Å². The Bertz CT molecular complexity index is 948. The van der Waals surface area contributed by atoms with Crippen molar-refractivity contribution in [1.29, 1.82) is 0 Å². The molecule has 1 aromatic heterocycles. The average molecular weight is 441 g/mol. The number of nitrogens with zero attached hydrogens (tertiary/aromatic N) is 2. The molecule has 1 amide bonds. The summed E-state index contributed by atoms with van der Waals surface area (Å²) in [5, 5.41) is 2.49. The van der Waals surface area contributed by atoms with Crippen molar-refractivity contribution < 1.29 is 37.1 Å². The van der Waals surface area contributed by atoms with Crippen LogP contribution in [0.2, 0.25) is 0 Å². The van der Waals surface area contributed by atoms with Crippen LogP contribution in [0.4, 0.5) is 19.1 Å². The van der Waals surface area contributed by atoms with Crippen molar-refractivity contribution in [1.82, 2.24) is 9.55 Å². The van der Waals surface area contributed by atoms with Gasteiger partial charge in [0.2, 0.25) is 5.95 Å². The van der Waals surface area contributed by atoms with Crippen molar-refractivity contribution in [2.45, 2.75) is 45.7 Å². The molecule has 0 saturated heterocycles. The van der Waals surface area contributed by atoms with Gasteiger partial charge in [-0.2, -0.15) is 22.8 Å². The third kappa shape index (κ3) is 8.43. The third-order valence-electron chi connectivity index (χ3n) is 4.09. The van der Waals surface area contributed by atoms with Crippen molar-refractivity contribution in [3.63, 3.8) is 0 Å². The summed E-state index contributed by atoms with van der Waals surface area (Å²) in [6.45, 7) is 3.67. The minimum absolute atomic E-state index is 0.0111. The van der Waals surface area contributed by atoms with Gasteiger partial charge in [0.15, 0.2) is 0 Å². The molecule has 0 aliphatic carbocycles. The van der Waals surface area contributed by atoms with Gasteiger partial charge in [0, 0.05) is 24.7 Å². The number of amides is 1. The number of esters is 1. The van der Waals surface area contributed by atoms with Gasteiger partial charge in [-0.25, -0.2) is 4.98 Å². The van der Waals surface area contributed by atoms with Gasteiger partial charge in [0.05, 0.1) is 12.6 Å². The van der Waals surface area contributed by atoms with E-state index >= 15 is 0 Å². The Morgan fingerprint density at radius 2 is 1.90 bits per heavy atom. The summed E-state index contributed by atoms with van der Waals surface area (Å²) in [4.78, 5) is 44.2. The lowest BCUT2D eigenvalue weighted by Crippen LogP contribution is -2.18. The average Bonchev–Trinajstić information content (AvgIpc) is 3.00. The molecule has 2 aromatic rings. The SMILES string of the molecule is CCCCC(=O)Oc1ccc(C(=O)Nc2ncc(CC(F)(F)F)n2C)cc1C.O=C=O. The predicted octanol–water partition coefficient (Wildman–Crippen LogP) is 3.60. The fourth-order valence-corrected chi connectivity index (χ4v) is 2.50. The molecular formula is C20H22F3N3O5. The number of aryl methyl sites for hydroxylation is 1. The van der Waals surface area contributed by atoms with E-state index in [0.29, 0.717) is 17.7 Å². The van der Waals surface area contributed by atoms with Crippen LogP contribution in [0.5, 0.6) is 5.75 Å². The smallest absolute Gasteiger partial charge is 0.394 e. The lowest BCUT2D eigenvalue weighted by molar-refractivity contribution is -0.191. The fourth-order valence-electron chi connectivity index (χ4n) is 2.50. The molecule has 2 rings (SSSR count). The highest BCUT2D eigenvalue weighted by Crippen LogP contribution is 2.23. The number of anilines is 1. The maximum atomic E-state index is 12.5. The first kappa shape index (κ1) is 25.6. The van der Waals surface area contributed by atoms with Gasteiger partial charge in [-0.15, -0.1) is 0 Å². The third-order valence-corrected chi connectivity index (χ3v) is 4.09. The van der Waals surface area contributed by atoms with Crippen molar-refractivity contribution in [3.8, 4) is 5.75 Å². The molecule has 0 saturated carbocycles. The van der Waals surface area contributed by atoms with Gasteiger partial charge in [-0.05, 0) is 37.1 Å². The highest BCUT2D eigenvalue weighted by Gasteiger charge is 2.29. The highest BCUT2D eigenvalue weighted by atomic mass is 19.4. The molecule has 11 heteroatoms. The minimum Gasteiger partial charge on any atom is -0.426 e. The molecule has 0 bridgehead atoms. The fraction of sp³-hybridized carbons (Fsp3) is 0.400. The Kier molecular flexibility index (Phi) is 9.62. The van der Waals surface area contributed by atoms with E-state index in [4.69, 9.17) is 14.3 Å². The molecule has 8 nitrogen and oxygen atoms in total. The van der Waals surface area contributed by atoms with E-state index in [1.54, 1.807) is 6.92 Å². The van der Waals surface area contributed by atoms with Gasteiger partial charge < -0.3 is 9.30 Å². The number of alkyl halides is 3. The number of nitrogens with one attached hydrogen (secondary N) is 1. The summed E-state index contributed by atoms with van der Waals surface area (Å²) < 4.78 is 44.1. The monoisotopic (exact) mass is 441 g/mol. The van der Waals surface area contributed by atoms with Gasteiger partial charge >= 0.3 is 18.3 Å². The van der Waals surface area contributed by atoms with Crippen LogP contribution in [0.15, 0.2) is 24.4 Å². The zero-order chi connectivity index (χ0) is 23.6. The molecule has 0 aliphatic rings. The molecule has 0 spiro atoms. The standard InChI is InChI=1S/C19H22F3N3O3.CO2/c1-4-5-6-16(26)28-15-8-7-13(9-12(15)2)17(27)24-18-23-11-14(25(18)3)10-19(20,21)22;2-1-3/h7-9,11H,4-6,10H2,1-3H3,(H,23,24,27);. The van der Waals surface area contributed by atoms with E-state index < -0.39 is 18.5 Å². The summed E-state index contributed by atoms with van der Waals surface area (Å²) >= 11 is 0. The second kappa shape index (κ2) is 11.7. The zero-order valence-corrected chi connectivity index (χ0v) is 17.2. The Balaban J connectivity index is 0.00000151. The molecule has 0 fully saturated rings. The maximum Gasteiger partial charge on any atom is 0.394 e. The Morgan fingerprint density at radius 1 is 1.26 bits per heavy atom. The number of carbonyl (C=O) groups is 2.